The van der Waals surface area contributed by atoms with Gasteiger partial charge in [0, 0.05) is 13.0 Å². The van der Waals surface area contributed by atoms with Gasteiger partial charge in [0.15, 0.2) is 0 Å². The molecule has 2 saturated heterocycles. The molecule has 20 heavy (non-hydrogen) atoms. The summed E-state index contributed by atoms with van der Waals surface area (Å²) in [4.78, 5) is 25.9. The summed E-state index contributed by atoms with van der Waals surface area (Å²) < 4.78 is 5.51. The molecule has 2 rings (SSSR count). The first-order valence-corrected chi connectivity index (χ1v) is 7.58. The number of carbonyl (C=O) groups excluding carboxylic acids is 2. The van der Waals surface area contributed by atoms with E-state index in [2.05, 4.69) is 12.2 Å². The molecule has 2 amide bonds. The van der Waals surface area contributed by atoms with Gasteiger partial charge in [-0.05, 0) is 46.5 Å². The van der Waals surface area contributed by atoms with Crippen LogP contribution in [0.3, 0.4) is 0 Å². The van der Waals surface area contributed by atoms with E-state index in [0.29, 0.717) is 13.0 Å². The number of ether oxygens (including phenoxy) is 1. The van der Waals surface area contributed by atoms with Crippen LogP contribution in [-0.4, -0.2) is 40.6 Å². The van der Waals surface area contributed by atoms with Gasteiger partial charge >= 0.3 is 6.09 Å². The molecule has 2 aliphatic heterocycles. The van der Waals surface area contributed by atoms with E-state index in [4.69, 9.17) is 4.74 Å². The number of hydrogen-bond acceptors (Lipinski definition) is 3. The van der Waals surface area contributed by atoms with Crippen molar-refractivity contribution in [2.75, 3.05) is 6.54 Å². The molecule has 0 aromatic carbocycles. The molecule has 5 heteroatoms. The van der Waals surface area contributed by atoms with E-state index in [9.17, 15) is 9.59 Å². The number of rotatable bonds is 1. The molecule has 2 aliphatic rings. The van der Waals surface area contributed by atoms with Crippen LogP contribution < -0.4 is 5.32 Å². The Morgan fingerprint density at radius 2 is 2.15 bits per heavy atom. The van der Waals surface area contributed by atoms with Crippen molar-refractivity contribution in [3.63, 3.8) is 0 Å². The molecule has 0 saturated carbocycles. The Labute approximate surface area is 121 Å². The molecule has 0 aliphatic carbocycles. The summed E-state index contributed by atoms with van der Waals surface area (Å²) >= 11 is 0. The summed E-state index contributed by atoms with van der Waals surface area (Å²) in [7, 11) is 0. The minimum absolute atomic E-state index is 0.0394. The lowest BCUT2D eigenvalue weighted by Gasteiger charge is -2.47. The zero-order valence-electron chi connectivity index (χ0n) is 13.0. The minimum atomic E-state index is -0.487. The summed E-state index contributed by atoms with van der Waals surface area (Å²) in [5.41, 5.74) is -0.722. The third-order valence-corrected chi connectivity index (χ3v) is 4.24. The van der Waals surface area contributed by atoms with Gasteiger partial charge in [0.1, 0.15) is 5.60 Å². The van der Waals surface area contributed by atoms with Gasteiger partial charge in [-0.15, -0.1) is 0 Å². The van der Waals surface area contributed by atoms with E-state index in [1.807, 2.05) is 25.7 Å². The summed E-state index contributed by atoms with van der Waals surface area (Å²) in [5.74, 6) is 0.106. The van der Waals surface area contributed by atoms with Crippen LogP contribution in [0.2, 0.25) is 0 Å². The zero-order chi connectivity index (χ0) is 15.0. The number of nitrogens with zero attached hydrogens (tertiary/aromatic N) is 1. The highest BCUT2D eigenvalue weighted by Crippen LogP contribution is 2.37. The first kappa shape index (κ1) is 15.1. The van der Waals surface area contributed by atoms with Crippen molar-refractivity contribution in [3.8, 4) is 0 Å². The molecule has 0 aromatic heterocycles. The second-order valence-corrected chi connectivity index (χ2v) is 6.91. The van der Waals surface area contributed by atoms with Gasteiger partial charge in [-0.1, -0.05) is 6.92 Å². The highest BCUT2D eigenvalue weighted by atomic mass is 16.6. The van der Waals surface area contributed by atoms with Crippen molar-refractivity contribution in [3.05, 3.63) is 0 Å². The first-order valence-electron chi connectivity index (χ1n) is 7.58. The summed E-state index contributed by atoms with van der Waals surface area (Å²) in [6.07, 6.45) is 3.83. The van der Waals surface area contributed by atoms with Gasteiger partial charge in [0.2, 0.25) is 5.91 Å². The topological polar surface area (TPSA) is 58.6 Å². The van der Waals surface area contributed by atoms with Crippen LogP contribution in [-0.2, 0) is 9.53 Å². The van der Waals surface area contributed by atoms with Gasteiger partial charge in [-0.25, -0.2) is 4.79 Å². The molecule has 5 nitrogen and oxygen atoms in total. The molecule has 0 aromatic rings. The molecular formula is C15H26N2O3. The van der Waals surface area contributed by atoms with Crippen LogP contribution in [0.1, 0.15) is 59.8 Å². The largest absolute Gasteiger partial charge is 0.444 e. The lowest BCUT2D eigenvalue weighted by Crippen LogP contribution is -2.63. The molecular weight excluding hydrogens is 256 g/mol. The first-order chi connectivity index (χ1) is 9.27. The van der Waals surface area contributed by atoms with Crippen LogP contribution in [0.15, 0.2) is 0 Å². The van der Waals surface area contributed by atoms with Crippen LogP contribution >= 0.6 is 0 Å². The molecule has 2 fully saturated rings. The van der Waals surface area contributed by atoms with Crippen molar-refractivity contribution in [1.29, 1.82) is 0 Å². The van der Waals surface area contributed by atoms with Crippen molar-refractivity contribution in [2.24, 2.45) is 0 Å². The zero-order valence-corrected chi connectivity index (χ0v) is 13.0. The number of piperidine rings is 1. The fourth-order valence-electron chi connectivity index (χ4n) is 3.51. The van der Waals surface area contributed by atoms with Crippen molar-refractivity contribution >= 4 is 12.0 Å². The number of likely N-dealkylation sites (tertiary alicyclic amines) is 1. The Hall–Kier alpha value is -1.26. The van der Waals surface area contributed by atoms with Gasteiger partial charge < -0.3 is 15.0 Å². The Bertz CT molecular complexity index is 402. The average Bonchev–Trinajstić information content (AvgIpc) is 2.68. The molecule has 0 unspecified atom stereocenters. The van der Waals surface area contributed by atoms with E-state index in [0.717, 1.165) is 25.7 Å². The second kappa shape index (κ2) is 5.26. The smallest absolute Gasteiger partial charge is 0.410 e. The second-order valence-electron chi connectivity index (χ2n) is 6.91. The van der Waals surface area contributed by atoms with E-state index in [1.165, 1.54) is 0 Å². The van der Waals surface area contributed by atoms with Crippen molar-refractivity contribution in [1.82, 2.24) is 10.2 Å². The molecule has 114 valence electrons. The van der Waals surface area contributed by atoms with Gasteiger partial charge in [0.05, 0.1) is 11.6 Å². The lowest BCUT2D eigenvalue weighted by atomic mass is 9.79. The van der Waals surface area contributed by atoms with E-state index >= 15 is 0 Å². The van der Waals surface area contributed by atoms with Crippen LogP contribution in [0.4, 0.5) is 4.79 Å². The number of hydrogen-bond donors (Lipinski definition) is 1. The van der Waals surface area contributed by atoms with E-state index < -0.39 is 5.60 Å². The minimum Gasteiger partial charge on any atom is -0.444 e. The number of amides is 2. The molecule has 2 atom stereocenters. The van der Waals surface area contributed by atoms with Crippen molar-refractivity contribution < 1.29 is 14.3 Å². The molecule has 1 N–H and O–H groups in total. The van der Waals surface area contributed by atoms with Gasteiger partial charge in [-0.2, -0.15) is 0 Å². The maximum absolute atomic E-state index is 12.4. The standard InChI is InChI=1S/C15H26N2O3/c1-5-11-15(9-7-12(18)16-15)8-6-10-17(11)13(19)20-14(2,3)4/h11H,5-10H2,1-4H3,(H,16,18)/t11-,15+/m1/s1. The predicted octanol–water partition coefficient (Wildman–Crippen LogP) is 2.44. The van der Waals surface area contributed by atoms with Gasteiger partial charge in [0.25, 0.3) is 0 Å². The van der Waals surface area contributed by atoms with Crippen molar-refractivity contribution in [2.45, 2.75) is 77.0 Å². The highest BCUT2D eigenvalue weighted by molar-refractivity contribution is 5.80. The Balaban J connectivity index is 2.17. The van der Waals surface area contributed by atoms with Gasteiger partial charge in [-0.3, -0.25) is 4.79 Å². The summed E-state index contributed by atoms with van der Waals surface area (Å²) in [6.45, 7) is 8.42. The lowest BCUT2D eigenvalue weighted by molar-refractivity contribution is -0.120. The van der Waals surface area contributed by atoms with Crippen LogP contribution in [0.25, 0.3) is 0 Å². The summed E-state index contributed by atoms with van der Waals surface area (Å²) in [5, 5.41) is 3.13. The fraction of sp³-hybridized carbons (Fsp3) is 0.867. The maximum atomic E-state index is 12.4. The third-order valence-electron chi connectivity index (χ3n) is 4.24. The molecule has 0 bridgehead atoms. The van der Waals surface area contributed by atoms with E-state index in [-0.39, 0.29) is 23.6 Å². The monoisotopic (exact) mass is 282 g/mol. The Morgan fingerprint density at radius 1 is 1.45 bits per heavy atom. The Morgan fingerprint density at radius 3 is 2.65 bits per heavy atom. The maximum Gasteiger partial charge on any atom is 0.410 e. The van der Waals surface area contributed by atoms with Crippen LogP contribution in [0, 0.1) is 0 Å². The third kappa shape index (κ3) is 2.91. The van der Waals surface area contributed by atoms with Crippen LogP contribution in [0.5, 0.6) is 0 Å². The molecule has 0 radical (unpaired) electrons. The average molecular weight is 282 g/mol. The fourth-order valence-corrected chi connectivity index (χ4v) is 3.51. The number of nitrogens with one attached hydrogen (secondary N) is 1. The SMILES string of the molecule is CC[C@H]1N(C(=O)OC(C)(C)C)CCC[C@]12CCC(=O)N2. The van der Waals surface area contributed by atoms with E-state index in [1.54, 1.807) is 0 Å². The normalized spacial score (nSPS) is 30.5. The predicted molar refractivity (Wildman–Crippen MR) is 76.4 cm³/mol. The highest BCUT2D eigenvalue weighted by Gasteiger charge is 2.49. The quantitative estimate of drug-likeness (QED) is 0.803. The molecule has 2 heterocycles. The Kier molecular flexibility index (Phi) is 3.98. The molecule has 1 spiro atoms. The summed E-state index contributed by atoms with van der Waals surface area (Å²) in [6, 6.07) is 0.0394. The number of carbonyl (C=O) groups is 2.